The van der Waals surface area contributed by atoms with Crippen molar-refractivity contribution in [3.63, 3.8) is 0 Å². The number of nitrogens with one attached hydrogen (secondary N) is 1. The molecule has 1 aliphatic carbocycles. The van der Waals surface area contributed by atoms with Crippen LogP contribution in [0.1, 0.15) is 19.4 Å². The minimum Gasteiger partial charge on any atom is -0.396 e. The minimum atomic E-state index is -0.488. The van der Waals surface area contributed by atoms with Crippen molar-refractivity contribution in [1.82, 2.24) is 9.97 Å². The number of hydrogen-bond donors (Lipinski definition) is 2. The first-order valence-electron chi connectivity index (χ1n) is 8.98. The standard InChI is InChI=1S/C21H21FN4O/c1-10-4-5-24-8-15(10)14-6-13-7-17(25-9-16(13)20(23)19(14)22)26-21(27)18-11(2)12(18)3/h4-9,11-12,18H,23H2,1-3H3,(H,25,26,27)/t11-,12-/m0/s1. The quantitative estimate of drug-likeness (QED) is 0.684. The summed E-state index contributed by atoms with van der Waals surface area (Å²) in [5, 5.41) is 4.10. The van der Waals surface area contributed by atoms with Crippen molar-refractivity contribution in [2.24, 2.45) is 17.8 Å². The van der Waals surface area contributed by atoms with Crippen molar-refractivity contribution in [2.45, 2.75) is 20.8 Å². The number of benzene rings is 1. The van der Waals surface area contributed by atoms with E-state index in [2.05, 4.69) is 29.1 Å². The molecule has 0 unspecified atom stereocenters. The number of amides is 1. The molecule has 0 aliphatic heterocycles. The third-order valence-corrected chi connectivity index (χ3v) is 5.70. The summed E-state index contributed by atoms with van der Waals surface area (Å²) in [6.07, 6.45) is 4.79. The molecule has 27 heavy (non-hydrogen) atoms. The van der Waals surface area contributed by atoms with Gasteiger partial charge in [-0.2, -0.15) is 0 Å². The topological polar surface area (TPSA) is 80.9 Å². The van der Waals surface area contributed by atoms with Crippen LogP contribution in [-0.4, -0.2) is 15.9 Å². The second kappa shape index (κ2) is 6.30. The fourth-order valence-corrected chi connectivity index (χ4v) is 3.66. The van der Waals surface area contributed by atoms with Crippen LogP contribution in [0.3, 0.4) is 0 Å². The zero-order valence-electron chi connectivity index (χ0n) is 15.5. The number of nitrogen functional groups attached to an aromatic ring is 1. The molecule has 0 spiro atoms. The van der Waals surface area contributed by atoms with Crippen LogP contribution in [0.2, 0.25) is 0 Å². The van der Waals surface area contributed by atoms with Crippen LogP contribution < -0.4 is 11.1 Å². The normalized spacial score (nSPS) is 21.3. The van der Waals surface area contributed by atoms with Crippen LogP contribution in [0, 0.1) is 30.5 Å². The maximum absolute atomic E-state index is 14.9. The first-order chi connectivity index (χ1) is 12.9. The molecule has 138 valence electrons. The number of hydrogen-bond acceptors (Lipinski definition) is 4. The molecule has 2 atom stereocenters. The molecule has 1 saturated carbocycles. The van der Waals surface area contributed by atoms with Crippen LogP contribution >= 0.6 is 0 Å². The summed E-state index contributed by atoms with van der Waals surface area (Å²) in [6, 6.07) is 5.28. The second-order valence-corrected chi connectivity index (χ2v) is 7.37. The van der Waals surface area contributed by atoms with Gasteiger partial charge in [0.15, 0.2) is 5.82 Å². The van der Waals surface area contributed by atoms with Crippen LogP contribution in [0.4, 0.5) is 15.9 Å². The molecule has 3 N–H and O–H groups in total. The highest BCUT2D eigenvalue weighted by Gasteiger charge is 2.48. The molecule has 0 saturated heterocycles. The number of aromatic nitrogens is 2. The molecular weight excluding hydrogens is 343 g/mol. The van der Waals surface area contributed by atoms with Gasteiger partial charge in [0.1, 0.15) is 5.82 Å². The average Bonchev–Trinajstić information content (AvgIpc) is 3.25. The lowest BCUT2D eigenvalue weighted by Crippen LogP contribution is -2.16. The lowest BCUT2D eigenvalue weighted by Gasteiger charge is -2.12. The second-order valence-electron chi connectivity index (χ2n) is 7.37. The predicted octanol–water partition coefficient (Wildman–Crippen LogP) is 4.17. The van der Waals surface area contributed by atoms with E-state index in [1.165, 1.54) is 6.20 Å². The van der Waals surface area contributed by atoms with E-state index in [4.69, 9.17) is 5.73 Å². The van der Waals surface area contributed by atoms with Gasteiger partial charge < -0.3 is 11.1 Å². The number of pyridine rings is 2. The van der Waals surface area contributed by atoms with Gasteiger partial charge in [-0.3, -0.25) is 9.78 Å². The lowest BCUT2D eigenvalue weighted by molar-refractivity contribution is -0.117. The van der Waals surface area contributed by atoms with Gasteiger partial charge in [-0.1, -0.05) is 13.8 Å². The van der Waals surface area contributed by atoms with Gasteiger partial charge in [0.05, 0.1) is 5.69 Å². The SMILES string of the molecule is Cc1ccncc1-c1cc2cc(NC(=O)C3[C@@H](C)[C@@H]3C)ncc2c(N)c1F. The zero-order chi connectivity index (χ0) is 19.3. The van der Waals surface area contributed by atoms with E-state index in [0.717, 1.165) is 5.56 Å². The fraction of sp³-hybridized carbons (Fsp3) is 0.286. The van der Waals surface area contributed by atoms with Gasteiger partial charge in [-0.25, -0.2) is 9.37 Å². The van der Waals surface area contributed by atoms with E-state index >= 15 is 0 Å². The smallest absolute Gasteiger partial charge is 0.229 e. The van der Waals surface area contributed by atoms with E-state index in [1.807, 2.05) is 13.0 Å². The van der Waals surface area contributed by atoms with Gasteiger partial charge in [-0.05, 0) is 47.9 Å². The van der Waals surface area contributed by atoms with E-state index < -0.39 is 5.82 Å². The summed E-state index contributed by atoms with van der Waals surface area (Å²) in [5.41, 5.74) is 8.05. The van der Waals surface area contributed by atoms with Crippen molar-refractivity contribution in [3.05, 3.63) is 48.2 Å². The monoisotopic (exact) mass is 364 g/mol. The van der Waals surface area contributed by atoms with E-state index in [9.17, 15) is 9.18 Å². The molecule has 4 rings (SSSR count). The third-order valence-electron chi connectivity index (χ3n) is 5.70. The highest BCUT2D eigenvalue weighted by Crippen LogP contribution is 2.46. The summed E-state index contributed by atoms with van der Waals surface area (Å²) in [5.74, 6) is 0.719. The number of fused-ring (bicyclic) bond motifs is 1. The van der Waals surface area contributed by atoms with Gasteiger partial charge >= 0.3 is 0 Å². The first-order valence-corrected chi connectivity index (χ1v) is 8.98. The highest BCUT2D eigenvalue weighted by atomic mass is 19.1. The van der Waals surface area contributed by atoms with E-state index in [-0.39, 0.29) is 17.5 Å². The Labute approximate surface area is 156 Å². The molecule has 6 heteroatoms. The molecule has 2 aromatic heterocycles. The first kappa shape index (κ1) is 17.4. The van der Waals surface area contributed by atoms with Crippen LogP contribution in [0.25, 0.3) is 21.9 Å². The van der Waals surface area contributed by atoms with E-state index in [0.29, 0.717) is 39.6 Å². The van der Waals surface area contributed by atoms with Crippen molar-refractivity contribution in [2.75, 3.05) is 11.1 Å². The number of carbonyl (C=O) groups is 1. The molecule has 1 amide bonds. The van der Waals surface area contributed by atoms with Crippen molar-refractivity contribution >= 4 is 28.2 Å². The molecule has 1 aliphatic rings. The number of halogens is 1. The highest BCUT2D eigenvalue weighted by molar-refractivity contribution is 6.00. The molecule has 5 nitrogen and oxygen atoms in total. The zero-order valence-corrected chi connectivity index (χ0v) is 15.5. The van der Waals surface area contributed by atoms with Crippen LogP contribution in [0.15, 0.2) is 36.8 Å². The van der Waals surface area contributed by atoms with Gasteiger partial charge in [0.2, 0.25) is 5.91 Å². The van der Waals surface area contributed by atoms with Crippen LogP contribution in [0.5, 0.6) is 0 Å². The molecule has 0 bridgehead atoms. The number of aryl methyl sites for hydroxylation is 1. The predicted molar refractivity (Wildman–Crippen MR) is 105 cm³/mol. The number of nitrogens with zero attached hydrogens (tertiary/aromatic N) is 2. The third kappa shape index (κ3) is 2.91. The maximum atomic E-state index is 14.9. The Bertz CT molecular complexity index is 1060. The molecule has 3 aromatic rings. The van der Waals surface area contributed by atoms with Gasteiger partial charge in [-0.15, -0.1) is 0 Å². The fourth-order valence-electron chi connectivity index (χ4n) is 3.66. The van der Waals surface area contributed by atoms with E-state index in [1.54, 1.807) is 24.5 Å². The van der Waals surface area contributed by atoms with Crippen molar-refractivity contribution in [1.29, 1.82) is 0 Å². The largest absolute Gasteiger partial charge is 0.396 e. The Hall–Kier alpha value is -3.02. The molecule has 1 fully saturated rings. The van der Waals surface area contributed by atoms with Crippen molar-refractivity contribution < 1.29 is 9.18 Å². The Morgan fingerprint density at radius 1 is 1.19 bits per heavy atom. The minimum absolute atomic E-state index is 0.0226. The number of nitrogens with two attached hydrogens (primary N) is 1. The summed E-state index contributed by atoms with van der Waals surface area (Å²) in [7, 11) is 0. The average molecular weight is 364 g/mol. The number of rotatable bonds is 3. The summed E-state index contributed by atoms with van der Waals surface area (Å²) in [4.78, 5) is 20.7. The van der Waals surface area contributed by atoms with Gasteiger partial charge in [0.25, 0.3) is 0 Å². The summed E-state index contributed by atoms with van der Waals surface area (Å²) in [6.45, 7) is 6.02. The molecule has 0 radical (unpaired) electrons. The summed E-state index contributed by atoms with van der Waals surface area (Å²) >= 11 is 0. The lowest BCUT2D eigenvalue weighted by atomic mass is 9.98. The summed E-state index contributed by atoms with van der Waals surface area (Å²) < 4.78 is 14.9. The van der Waals surface area contributed by atoms with Gasteiger partial charge in [0, 0.05) is 41.0 Å². The Kier molecular flexibility index (Phi) is 4.06. The Morgan fingerprint density at radius 2 is 1.93 bits per heavy atom. The number of carbonyl (C=O) groups excluding carboxylic acids is 1. The number of anilines is 2. The molecule has 2 heterocycles. The maximum Gasteiger partial charge on any atom is 0.229 e. The Balaban J connectivity index is 1.76. The molecule has 1 aromatic carbocycles. The van der Waals surface area contributed by atoms with Crippen molar-refractivity contribution in [3.8, 4) is 11.1 Å². The molecular formula is C21H21FN4O. The Morgan fingerprint density at radius 3 is 2.59 bits per heavy atom. The van der Waals surface area contributed by atoms with Crippen LogP contribution in [-0.2, 0) is 4.79 Å².